The average Bonchev–Trinajstić information content (AvgIpc) is 3.11. The number of primary amides is 2. The number of β-lactam (4-membered cyclic amide) rings is 2. The first kappa shape index (κ1) is 24.1. The molecule has 3 saturated heterocycles. The summed E-state index contributed by atoms with van der Waals surface area (Å²) >= 11 is 0. The van der Waals surface area contributed by atoms with E-state index < -0.39 is 47.1 Å². The summed E-state index contributed by atoms with van der Waals surface area (Å²) in [6, 6.07) is 7.21. The number of hydrogen-bond acceptors (Lipinski definition) is 7. The second-order valence-corrected chi connectivity index (χ2v) is 9.87. The van der Waals surface area contributed by atoms with E-state index in [9.17, 15) is 29.4 Å². The van der Waals surface area contributed by atoms with E-state index in [2.05, 4.69) is 0 Å². The van der Waals surface area contributed by atoms with Crippen LogP contribution < -0.4 is 11.5 Å². The number of likely N-dealkylation sites (tertiary alicyclic amines) is 3. The van der Waals surface area contributed by atoms with Crippen molar-refractivity contribution in [2.75, 3.05) is 19.6 Å². The number of rotatable bonds is 8. The van der Waals surface area contributed by atoms with Gasteiger partial charge in [-0.15, -0.1) is 0 Å². The lowest BCUT2D eigenvalue weighted by atomic mass is 9.70. The van der Waals surface area contributed by atoms with Crippen LogP contribution in [0.15, 0.2) is 30.3 Å². The number of carbonyl (C=O) groups is 4. The molecule has 1 aromatic rings. The minimum Gasteiger partial charge on any atom is -0.391 e. The van der Waals surface area contributed by atoms with Gasteiger partial charge in [0.05, 0.1) is 17.6 Å². The zero-order valence-electron chi connectivity index (χ0n) is 19.3. The Morgan fingerprint density at radius 2 is 1.44 bits per heavy atom. The Kier molecular flexibility index (Phi) is 5.91. The van der Waals surface area contributed by atoms with Gasteiger partial charge in [0.25, 0.3) is 0 Å². The van der Waals surface area contributed by atoms with Crippen LogP contribution in [0, 0.1) is 5.41 Å². The van der Waals surface area contributed by atoms with Crippen molar-refractivity contribution in [2.45, 2.75) is 56.6 Å². The second kappa shape index (κ2) is 8.33. The van der Waals surface area contributed by atoms with Crippen molar-refractivity contribution < 1.29 is 29.4 Å². The van der Waals surface area contributed by atoms with Gasteiger partial charge >= 0.3 is 0 Å². The molecule has 2 unspecified atom stereocenters. The third-order valence-corrected chi connectivity index (χ3v) is 7.39. The van der Waals surface area contributed by atoms with E-state index in [-0.39, 0.29) is 37.9 Å². The van der Waals surface area contributed by atoms with Crippen LogP contribution in [0.5, 0.6) is 0 Å². The largest absolute Gasteiger partial charge is 0.391 e. The van der Waals surface area contributed by atoms with Gasteiger partial charge in [-0.1, -0.05) is 30.3 Å². The number of aliphatic hydroxyl groups is 2. The maximum absolute atomic E-state index is 13.5. The van der Waals surface area contributed by atoms with E-state index in [1.165, 1.54) is 23.6 Å². The molecule has 0 aromatic heterocycles. The molecule has 11 heteroatoms. The topological polar surface area (TPSA) is 170 Å². The fourth-order valence-corrected chi connectivity index (χ4v) is 5.90. The first-order chi connectivity index (χ1) is 15.9. The molecule has 3 fully saturated rings. The van der Waals surface area contributed by atoms with Crippen molar-refractivity contribution in [2.24, 2.45) is 16.9 Å². The maximum atomic E-state index is 13.5. The minimum absolute atomic E-state index is 0.141. The molecule has 0 aliphatic carbocycles. The molecule has 4 rings (SSSR count). The molecule has 2 spiro atoms. The van der Waals surface area contributed by atoms with Crippen LogP contribution in [0.4, 0.5) is 0 Å². The molecule has 3 aliphatic heterocycles. The van der Waals surface area contributed by atoms with Crippen molar-refractivity contribution in [1.29, 1.82) is 0 Å². The number of amides is 4. The molecule has 34 heavy (non-hydrogen) atoms. The Labute approximate surface area is 197 Å². The minimum atomic E-state index is -1.16. The third kappa shape index (κ3) is 3.55. The van der Waals surface area contributed by atoms with Crippen LogP contribution >= 0.6 is 0 Å². The van der Waals surface area contributed by atoms with E-state index in [0.29, 0.717) is 6.54 Å². The molecule has 1 aromatic carbocycles. The third-order valence-electron chi connectivity index (χ3n) is 7.39. The molecule has 0 saturated carbocycles. The highest BCUT2D eigenvalue weighted by atomic mass is 16.3. The Hall–Kier alpha value is -3.02. The normalized spacial score (nSPS) is 30.1. The summed E-state index contributed by atoms with van der Waals surface area (Å²) in [5.74, 6) is -2.29. The summed E-state index contributed by atoms with van der Waals surface area (Å²) in [5, 5.41) is 20.0. The lowest BCUT2D eigenvalue weighted by Crippen LogP contribution is -2.76. The molecule has 6 N–H and O–H groups in total. The molecule has 0 radical (unpaired) electrons. The van der Waals surface area contributed by atoms with Gasteiger partial charge in [-0.2, -0.15) is 0 Å². The van der Waals surface area contributed by atoms with E-state index in [1.54, 1.807) is 0 Å². The quantitative estimate of drug-likeness (QED) is 0.310. The molecule has 184 valence electrons. The number of benzene rings is 1. The van der Waals surface area contributed by atoms with Gasteiger partial charge in [-0.25, -0.2) is 0 Å². The summed E-state index contributed by atoms with van der Waals surface area (Å²) in [4.78, 5) is 55.1. The van der Waals surface area contributed by atoms with Gasteiger partial charge in [-0.3, -0.25) is 24.1 Å². The Morgan fingerprint density at radius 1 is 0.912 bits per heavy atom. The molecule has 6 atom stereocenters. The zero-order valence-corrected chi connectivity index (χ0v) is 19.3. The summed E-state index contributed by atoms with van der Waals surface area (Å²) < 4.78 is 0. The molecular formula is C23H31N5O6. The van der Waals surface area contributed by atoms with E-state index in [4.69, 9.17) is 11.5 Å². The lowest BCUT2D eigenvalue weighted by Gasteiger charge is -2.54. The molecular weight excluding hydrogens is 442 g/mol. The highest BCUT2D eigenvalue weighted by molar-refractivity contribution is 6.01. The van der Waals surface area contributed by atoms with Crippen molar-refractivity contribution >= 4 is 23.6 Å². The Balaban J connectivity index is 1.62. The first-order valence-electron chi connectivity index (χ1n) is 11.3. The van der Waals surface area contributed by atoms with Crippen LogP contribution in [0.1, 0.15) is 25.8 Å². The fourth-order valence-electron chi connectivity index (χ4n) is 5.90. The summed E-state index contributed by atoms with van der Waals surface area (Å²) in [6.07, 6.45) is -2.06. The summed E-state index contributed by atoms with van der Waals surface area (Å²) in [6.45, 7) is 3.80. The highest BCUT2D eigenvalue weighted by Gasteiger charge is 2.71. The van der Waals surface area contributed by atoms with E-state index >= 15 is 0 Å². The molecule has 4 amide bonds. The number of nitrogens with two attached hydrogens (primary N) is 2. The van der Waals surface area contributed by atoms with Crippen molar-refractivity contribution in [3.63, 3.8) is 0 Å². The Morgan fingerprint density at radius 3 is 1.88 bits per heavy atom. The number of hydrogen-bond donors (Lipinski definition) is 4. The number of carbonyl (C=O) groups excluding carboxylic acids is 4. The van der Waals surface area contributed by atoms with Crippen molar-refractivity contribution in [3.05, 3.63) is 35.9 Å². The van der Waals surface area contributed by atoms with Gasteiger partial charge in [0.15, 0.2) is 0 Å². The lowest BCUT2D eigenvalue weighted by molar-refractivity contribution is -0.175. The fraction of sp³-hybridized carbons (Fsp3) is 0.565. The van der Waals surface area contributed by atoms with Crippen molar-refractivity contribution in [3.8, 4) is 0 Å². The van der Waals surface area contributed by atoms with Gasteiger partial charge in [0.2, 0.25) is 23.6 Å². The van der Waals surface area contributed by atoms with Crippen LogP contribution in [-0.4, -0.2) is 98.0 Å². The van der Waals surface area contributed by atoms with E-state index in [0.717, 1.165) is 5.56 Å². The summed E-state index contributed by atoms with van der Waals surface area (Å²) in [7, 11) is 0. The van der Waals surface area contributed by atoms with Crippen LogP contribution in [0.3, 0.4) is 0 Å². The number of nitrogens with zero attached hydrogens (tertiary/aromatic N) is 3. The van der Waals surface area contributed by atoms with Crippen LogP contribution in [-0.2, 0) is 25.7 Å². The van der Waals surface area contributed by atoms with Gasteiger partial charge in [0.1, 0.15) is 17.6 Å². The van der Waals surface area contributed by atoms with Gasteiger partial charge in [-0.05, 0) is 25.8 Å². The average molecular weight is 474 g/mol. The Bertz CT molecular complexity index is 1020. The standard InChI is InChI=1S/C23H31N5O6/c1-13(29)16(18(24)31)27-11-22(20(27)33)9-23(26(10-22)8-15-6-4-3-5-7-15)12-28(21(23)34)17(14(2)30)19(25)32/h3-7,13-14,16-17,29-30H,8-12H2,1-2H3,(H2,24,31)(H2,25,32)/t13-,14-,16+,17+,22?,23?/m1/s1. The van der Waals surface area contributed by atoms with Crippen LogP contribution in [0.2, 0.25) is 0 Å². The predicted octanol–water partition coefficient (Wildman–Crippen LogP) is -2.23. The van der Waals surface area contributed by atoms with Crippen LogP contribution in [0.25, 0.3) is 0 Å². The van der Waals surface area contributed by atoms with Crippen molar-refractivity contribution in [1.82, 2.24) is 14.7 Å². The SMILES string of the molecule is C[C@@H](O)[C@@H](C(N)=O)N1CC2(CN(Cc3ccccc3)C3(CN([C@H](C(N)=O)[C@@H](C)O)C3=O)C2)C1=O. The molecule has 11 nitrogen and oxygen atoms in total. The zero-order chi connectivity index (χ0) is 25.0. The maximum Gasteiger partial charge on any atom is 0.245 e. The van der Waals surface area contributed by atoms with E-state index in [1.807, 2.05) is 35.2 Å². The first-order valence-corrected chi connectivity index (χ1v) is 11.3. The van der Waals surface area contributed by atoms with Gasteiger partial charge < -0.3 is 31.5 Å². The molecule has 0 bridgehead atoms. The second-order valence-electron chi connectivity index (χ2n) is 9.87. The van der Waals surface area contributed by atoms with Gasteiger partial charge in [0, 0.05) is 26.2 Å². The summed E-state index contributed by atoms with van der Waals surface area (Å²) in [5.41, 5.74) is 9.87. The molecule has 3 aliphatic rings. The predicted molar refractivity (Wildman–Crippen MR) is 119 cm³/mol. The molecule has 3 heterocycles. The smallest absolute Gasteiger partial charge is 0.245 e. The highest BCUT2D eigenvalue weighted by Crippen LogP contribution is 2.53. The number of aliphatic hydroxyl groups excluding tert-OH is 2. The monoisotopic (exact) mass is 473 g/mol.